The predicted molar refractivity (Wildman–Crippen MR) is 55.8 cm³/mol. The number of hydrogen-bond donors (Lipinski definition) is 0. The Bertz CT molecular complexity index is 333. The highest BCUT2D eigenvalue weighted by molar-refractivity contribution is 5.76. The second-order valence-electron chi connectivity index (χ2n) is 3.91. The maximum atomic E-state index is 11.4. The molecule has 1 aromatic rings. The van der Waals surface area contributed by atoms with Gasteiger partial charge in [-0.25, -0.2) is 5.73 Å². The highest BCUT2D eigenvalue weighted by Crippen LogP contribution is 2.32. The van der Waals surface area contributed by atoms with Gasteiger partial charge in [-0.3, -0.25) is 4.79 Å². The molecular formula is C12H14NO2. The van der Waals surface area contributed by atoms with Crippen molar-refractivity contribution in [1.82, 2.24) is 5.73 Å². The van der Waals surface area contributed by atoms with Gasteiger partial charge in [0.05, 0.1) is 0 Å². The van der Waals surface area contributed by atoms with Crippen LogP contribution >= 0.6 is 0 Å². The van der Waals surface area contributed by atoms with Crippen LogP contribution in [0.3, 0.4) is 0 Å². The van der Waals surface area contributed by atoms with Gasteiger partial charge < -0.3 is 4.74 Å². The van der Waals surface area contributed by atoms with Crippen molar-refractivity contribution in [3.8, 4) is 0 Å². The van der Waals surface area contributed by atoms with Gasteiger partial charge in [0.2, 0.25) is 0 Å². The maximum absolute atomic E-state index is 11.4. The summed E-state index contributed by atoms with van der Waals surface area (Å²) in [6.45, 7) is 0.280. The number of ether oxygens (including phenoxy) is 1. The molecular weight excluding hydrogens is 190 g/mol. The molecule has 1 unspecified atom stereocenters. The molecule has 1 aliphatic carbocycles. The molecule has 15 heavy (non-hydrogen) atoms. The van der Waals surface area contributed by atoms with Crippen LogP contribution in [0.15, 0.2) is 30.3 Å². The SMILES string of the molecule is [NH]C(C(=O)OCc1ccccc1)C1CC1. The van der Waals surface area contributed by atoms with Gasteiger partial charge in [-0.05, 0) is 24.3 Å². The van der Waals surface area contributed by atoms with E-state index in [0.29, 0.717) is 0 Å². The lowest BCUT2D eigenvalue weighted by molar-refractivity contribution is -0.147. The molecule has 1 saturated carbocycles. The van der Waals surface area contributed by atoms with Crippen LogP contribution in [0.4, 0.5) is 0 Å². The standard InChI is InChI=1S/C12H14NO2/c13-11(10-6-7-10)12(14)15-8-9-4-2-1-3-5-9/h1-5,10-11,13H,6-8H2. The zero-order valence-electron chi connectivity index (χ0n) is 8.48. The fraction of sp³-hybridized carbons (Fsp3) is 0.417. The Hall–Kier alpha value is -1.35. The molecule has 0 bridgehead atoms. The number of esters is 1. The molecule has 0 spiro atoms. The van der Waals surface area contributed by atoms with Crippen LogP contribution < -0.4 is 5.73 Å². The summed E-state index contributed by atoms with van der Waals surface area (Å²) in [6.07, 6.45) is 1.99. The highest BCUT2D eigenvalue weighted by atomic mass is 16.5. The van der Waals surface area contributed by atoms with E-state index in [2.05, 4.69) is 0 Å². The maximum Gasteiger partial charge on any atom is 0.325 e. The molecule has 0 saturated heterocycles. The van der Waals surface area contributed by atoms with Crippen molar-refractivity contribution >= 4 is 5.97 Å². The molecule has 1 aliphatic rings. The van der Waals surface area contributed by atoms with E-state index in [-0.39, 0.29) is 18.5 Å². The molecule has 1 N–H and O–H groups in total. The lowest BCUT2D eigenvalue weighted by Gasteiger charge is -2.09. The minimum atomic E-state index is -0.672. The summed E-state index contributed by atoms with van der Waals surface area (Å²) in [5.74, 6) is -0.144. The summed E-state index contributed by atoms with van der Waals surface area (Å²) in [5, 5.41) is 0. The average molecular weight is 204 g/mol. The van der Waals surface area contributed by atoms with Crippen molar-refractivity contribution in [3.05, 3.63) is 35.9 Å². The van der Waals surface area contributed by atoms with Crippen LogP contribution in [0.2, 0.25) is 0 Å². The lowest BCUT2D eigenvalue weighted by Crippen LogP contribution is -2.26. The summed E-state index contributed by atoms with van der Waals surface area (Å²) in [6, 6.07) is 8.87. The monoisotopic (exact) mass is 204 g/mol. The van der Waals surface area contributed by atoms with Crippen LogP contribution in [-0.4, -0.2) is 12.0 Å². The normalized spacial score (nSPS) is 17.1. The van der Waals surface area contributed by atoms with Crippen LogP contribution in [0.5, 0.6) is 0 Å². The molecule has 79 valence electrons. The van der Waals surface area contributed by atoms with Crippen molar-refractivity contribution in [3.63, 3.8) is 0 Å². The second-order valence-corrected chi connectivity index (χ2v) is 3.91. The molecule has 0 aliphatic heterocycles. The average Bonchev–Trinajstić information content (AvgIpc) is 3.10. The van der Waals surface area contributed by atoms with Crippen molar-refractivity contribution in [2.24, 2.45) is 5.92 Å². The van der Waals surface area contributed by atoms with Crippen molar-refractivity contribution in [2.45, 2.75) is 25.5 Å². The summed E-state index contributed by atoms with van der Waals surface area (Å²) < 4.78 is 5.06. The third kappa shape index (κ3) is 2.80. The van der Waals surface area contributed by atoms with Crippen LogP contribution in [-0.2, 0) is 16.1 Å². The summed E-state index contributed by atoms with van der Waals surface area (Å²) in [5.41, 5.74) is 8.55. The Morgan fingerprint density at radius 2 is 2.07 bits per heavy atom. The Morgan fingerprint density at radius 1 is 1.40 bits per heavy atom. The molecule has 3 heteroatoms. The number of benzene rings is 1. The van der Waals surface area contributed by atoms with Crippen LogP contribution in [0.1, 0.15) is 18.4 Å². The van der Waals surface area contributed by atoms with E-state index in [0.717, 1.165) is 18.4 Å². The predicted octanol–water partition coefficient (Wildman–Crippen LogP) is 1.79. The largest absolute Gasteiger partial charge is 0.460 e. The number of carbonyl (C=O) groups is 1. The molecule has 3 nitrogen and oxygen atoms in total. The van der Waals surface area contributed by atoms with Gasteiger partial charge >= 0.3 is 5.97 Å². The molecule has 1 aromatic carbocycles. The fourth-order valence-electron chi connectivity index (χ4n) is 1.44. The van der Waals surface area contributed by atoms with Gasteiger partial charge in [0, 0.05) is 0 Å². The Morgan fingerprint density at radius 3 is 2.67 bits per heavy atom. The number of rotatable bonds is 4. The third-order valence-corrected chi connectivity index (χ3v) is 2.57. The Labute approximate surface area is 89.2 Å². The molecule has 0 amide bonds. The van der Waals surface area contributed by atoms with E-state index >= 15 is 0 Å². The van der Waals surface area contributed by atoms with Gasteiger partial charge in [-0.1, -0.05) is 30.3 Å². The van der Waals surface area contributed by atoms with E-state index in [1.54, 1.807) is 0 Å². The molecule has 1 radical (unpaired) electrons. The number of hydrogen-bond acceptors (Lipinski definition) is 2. The molecule has 0 heterocycles. The van der Waals surface area contributed by atoms with E-state index in [4.69, 9.17) is 10.5 Å². The Kier molecular flexibility index (Phi) is 3.02. The van der Waals surface area contributed by atoms with E-state index in [9.17, 15) is 4.79 Å². The summed E-state index contributed by atoms with van der Waals surface area (Å²) in [4.78, 5) is 11.4. The minimum absolute atomic E-state index is 0.244. The van der Waals surface area contributed by atoms with E-state index in [1.807, 2.05) is 30.3 Å². The first kappa shape index (κ1) is 10.2. The topological polar surface area (TPSA) is 50.1 Å². The smallest absolute Gasteiger partial charge is 0.325 e. The molecule has 1 atom stereocenters. The zero-order valence-corrected chi connectivity index (χ0v) is 8.48. The first-order chi connectivity index (χ1) is 7.27. The van der Waals surface area contributed by atoms with Crippen LogP contribution in [0, 0.1) is 5.92 Å². The number of carbonyl (C=O) groups excluding carboxylic acids is 1. The zero-order chi connectivity index (χ0) is 10.7. The second kappa shape index (κ2) is 4.45. The summed E-state index contributed by atoms with van der Waals surface area (Å²) >= 11 is 0. The molecule has 2 rings (SSSR count). The van der Waals surface area contributed by atoms with Crippen molar-refractivity contribution < 1.29 is 9.53 Å². The van der Waals surface area contributed by atoms with E-state index < -0.39 is 6.04 Å². The van der Waals surface area contributed by atoms with E-state index in [1.165, 1.54) is 0 Å². The molecule has 1 fully saturated rings. The minimum Gasteiger partial charge on any atom is -0.460 e. The van der Waals surface area contributed by atoms with Gasteiger partial charge in [0.15, 0.2) is 0 Å². The van der Waals surface area contributed by atoms with Crippen LogP contribution in [0.25, 0.3) is 0 Å². The lowest BCUT2D eigenvalue weighted by atomic mass is 10.2. The first-order valence-electron chi connectivity index (χ1n) is 5.19. The van der Waals surface area contributed by atoms with Gasteiger partial charge in [0.1, 0.15) is 12.6 Å². The van der Waals surface area contributed by atoms with Gasteiger partial charge in [-0.2, -0.15) is 0 Å². The third-order valence-electron chi connectivity index (χ3n) is 2.57. The molecule has 0 aromatic heterocycles. The van der Waals surface area contributed by atoms with Gasteiger partial charge in [-0.15, -0.1) is 0 Å². The quantitative estimate of drug-likeness (QED) is 0.702. The van der Waals surface area contributed by atoms with Crippen molar-refractivity contribution in [2.75, 3.05) is 0 Å². The Balaban J connectivity index is 1.80. The first-order valence-corrected chi connectivity index (χ1v) is 5.19. The number of nitrogens with one attached hydrogen (secondary N) is 1. The van der Waals surface area contributed by atoms with Crippen molar-refractivity contribution in [1.29, 1.82) is 0 Å². The van der Waals surface area contributed by atoms with Gasteiger partial charge in [0.25, 0.3) is 0 Å². The summed E-state index contributed by atoms with van der Waals surface area (Å²) in [7, 11) is 0. The fourth-order valence-corrected chi connectivity index (χ4v) is 1.44. The highest BCUT2D eigenvalue weighted by Gasteiger charge is 2.34.